The van der Waals surface area contributed by atoms with Gasteiger partial charge in [0.1, 0.15) is 5.82 Å². The van der Waals surface area contributed by atoms with Crippen LogP contribution in [0.15, 0.2) is 78.9 Å². The molecule has 0 bridgehead atoms. The Bertz CT molecular complexity index is 1190. The molecule has 1 heterocycles. The molecule has 2 N–H and O–H groups in total. The summed E-state index contributed by atoms with van der Waals surface area (Å²) >= 11 is 0. The molecule has 0 aliphatic carbocycles. The number of hydrogen-bond acceptors (Lipinski definition) is 3. The summed E-state index contributed by atoms with van der Waals surface area (Å²) in [7, 11) is 0. The Morgan fingerprint density at radius 2 is 1.55 bits per heavy atom. The van der Waals surface area contributed by atoms with E-state index in [1.54, 1.807) is 18.2 Å². The molecule has 144 valence electrons. The molecule has 0 atom stereocenters. The molecule has 4 aromatic rings. The average Bonchev–Trinajstić information content (AvgIpc) is 3.12. The number of aromatic carboxylic acids is 1. The number of carbonyl (C=O) groups is 1. The van der Waals surface area contributed by atoms with Gasteiger partial charge >= 0.3 is 5.97 Å². The van der Waals surface area contributed by atoms with E-state index in [2.05, 4.69) is 18.3 Å². The van der Waals surface area contributed by atoms with E-state index in [0.29, 0.717) is 11.5 Å². The number of carboxylic acid groups (broad SMARTS) is 1. The van der Waals surface area contributed by atoms with Crippen LogP contribution in [-0.2, 0) is 0 Å². The van der Waals surface area contributed by atoms with Gasteiger partial charge in [-0.1, -0.05) is 54.6 Å². The van der Waals surface area contributed by atoms with E-state index >= 15 is 0 Å². The zero-order valence-corrected chi connectivity index (χ0v) is 16.3. The zero-order valence-electron chi connectivity index (χ0n) is 16.3. The van der Waals surface area contributed by atoms with Gasteiger partial charge in [0.2, 0.25) is 0 Å². The Hall–Kier alpha value is -3.86. The Labute approximate surface area is 169 Å². The Morgan fingerprint density at radius 3 is 2.28 bits per heavy atom. The first-order valence-electron chi connectivity index (χ1n) is 9.36. The highest BCUT2D eigenvalue weighted by atomic mass is 16.4. The first-order valence-corrected chi connectivity index (χ1v) is 9.36. The monoisotopic (exact) mass is 383 g/mol. The van der Waals surface area contributed by atoms with Crippen LogP contribution >= 0.6 is 0 Å². The van der Waals surface area contributed by atoms with Gasteiger partial charge in [0.05, 0.1) is 22.6 Å². The van der Waals surface area contributed by atoms with Crippen molar-refractivity contribution in [3.63, 3.8) is 0 Å². The number of para-hydroxylation sites is 2. The van der Waals surface area contributed by atoms with Crippen LogP contribution < -0.4 is 5.32 Å². The molecule has 0 unspecified atom stereocenters. The lowest BCUT2D eigenvalue weighted by molar-refractivity contribution is 0.0698. The Morgan fingerprint density at radius 1 is 0.897 bits per heavy atom. The predicted octanol–water partition coefficient (Wildman–Crippen LogP) is 5.60. The van der Waals surface area contributed by atoms with Crippen molar-refractivity contribution in [2.24, 2.45) is 0 Å². The molecule has 0 aliphatic heterocycles. The van der Waals surface area contributed by atoms with Gasteiger partial charge in [-0.3, -0.25) is 0 Å². The van der Waals surface area contributed by atoms with E-state index < -0.39 is 5.97 Å². The summed E-state index contributed by atoms with van der Waals surface area (Å²) in [5.41, 5.74) is 5.72. The molecule has 4 rings (SSSR count). The van der Waals surface area contributed by atoms with Crippen molar-refractivity contribution >= 4 is 17.5 Å². The highest BCUT2D eigenvalue weighted by molar-refractivity contribution is 5.95. The van der Waals surface area contributed by atoms with Gasteiger partial charge < -0.3 is 10.4 Å². The topological polar surface area (TPSA) is 67.2 Å². The number of rotatable bonds is 5. The smallest absolute Gasteiger partial charge is 0.337 e. The summed E-state index contributed by atoms with van der Waals surface area (Å²) < 4.78 is 1.83. The zero-order chi connectivity index (χ0) is 20.4. The second-order valence-electron chi connectivity index (χ2n) is 6.90. The van der Waals surface area contributed by atoms with E-state index in [9.17, 15) is 9.90 Å². The summed E-state index contributed by atoms with van der Waals surface area (Å²) in [6, 6.07) is 24.9. The average molecular weight is 383 g/mol. The number of nitrogens with zero attached hydrogens (tertiary/aromatic N) is 2. The van der Waals surface area contributed by atoms with Gasteiger partial charge in [0.15, 0.2) is 0 Å². The summed E-state index contributed by atoms with van der Waals surface area (Å²) in [5, 5.41) is 17.7. The van der Waals surface area contributed by atoms with Crippen LogP contribution in [0.25, 0.3) is 16.9 Å². The van der Waals surface area contributed by atoms with Crippen LogP contribution in [0, 0.1) is 13.8 Å². The Kier molecular flexibility index (Phi) is 4.87. The number of anilines is 2. The van der Waals surface area contributed by atoms with Crippen LogP contribution in [0.2, 0.25) is 0 Å². The maximum absolute atomic E-state index is 11.6. The summed E-state index contributed by atoms with van der Waals surface area (Å²) in [5.74, 6) is -0.277. The minimum absolute atomic E-state index is 0.211. The van der Waals surface area contributed by atoms with Crippen molar-refractivity contribution in [3.05, 3.63) is 95.6 Å². The molecule has 0 amide bonds. The number of aryl methyl sites for hydroxylation is 2. The quantitative estimate of drug-likeness (QED) is 0.471. The third-order valence-electron chi connectivity index (χ3n) is 4.89. The van der Waals surface area contributed by atoms with Crippen LogP contribution in [0.1, 0.15) is 21.5 Å². The van der Waals surface area contributed by atoms with Gasteiger partial charge in [-0.2, -0.15) is 5.10 Å². The van der Waals surface area contributed by atoms with Crippen molar-refractivity contribution < 1.29 is 9.90 Å². The molecule has 3 aromatic carbocycles. The lowest BCUT2D eigenvalue weighted by atomic mass is 10.1. The van der Waals surface area contributed by atoms with Gasteiger partial charge in [-0.05, 0) is 43.2 Å². The van der Waals surface area contributed by atoms with Gasteiger partial charge in [0, 0.05) is 11.6 Å². The van der Waals surface area contributed by atoms with Crippen molar-refractivity contribution in [2.75, 3.05) is 5.32 Å². The second-order valence-corrected chi connectivity index (χ2v) is 6.90. The van der Waals surface area contributed by atoms with Crippen molar-refractivity contribution in [3.8, 4) is 16.9 Å². The molecule has 5 nitrogen and oxygen atoms in total. The van der Waals surface area contributed by atoms with Crippen LogP contribution in [0.5, 0.6) is 0 Å². The molecular formula is C24H21N3O2. The summed E-state index contributed by atoms with van der Waals surface area (Å²) in [6.07, 6.45) is 0. The maximum atomic E-state index is 11.6. The van der Waals surface area contributed by atoms with Crippen LogP contribution in [0.3, 0.4) is 0 Å². The Balaban J connectivity index is 1.88. The number of hydrogen-bond donors (Lipinski definition) is 2. The van der Waals surface area contributed by atoms with Gasteiger partial charge in [-0.25, -0.2) is 9.48 Å². The summed E-state index contributed by atoms with van der Waals surface area (Å²) in [6.45, 7) is 4.08. The molecule has 0 saturated heterocycles. The fraction of sp³-hybridized carbons (Fsp3) is 0.0833. The highest BCUT2D eigenvalue weighted by Gasteiger charge is 2.16. The molecule has 5 heteroatoms. The van der Waals surface area contributed by atoms with Crippen molar-refractivity contribution in [2.45, 2.75) is 13.8 Å². The first-order chi connectivity index (χ1) is 14.0. The molecule has 0 saturated carbocycles. The lowest BCUT2D eigenvalue weighted by Crippen LogP contribution is -2.07. The van der Waals surface area contributed by atoms with Crippen LogP contribution in [0.4, 0.5) is 11.5 Å². The first kappa shape index (κ1) is 18.5. The molecule has 0 spiro atoms. The van der Waals surface area contributed by atoms with Gasteiger partial charge in [-0.15, -0.1) is 0 Å². The van der Waals surface area contributed by atoms with Gasteiger partial charge in [0.25, 0.3) is 0 Å². The molecule has 1 aromatic heterocycles. The molecule has 0 aliphatic rings. The standard InChI is InChI=1S/C24H21N3O2/c1-16-9-3-5-11-18(16)21-15-23(25-20-13-7-6-12-19(20)24(28)29)27(26-21)22-14-8-4-10-17(22)2/h3-15,25H,1-2H3,(H,28,29). The van der Waals surface area contributed by atoms with E-state index in [-0.39, 0.29) is 5.56 Å². The molecular weight excluding hydrogens is 362 g/mol. The molecule has 29 heavy (non-hydrogen) atoms. The minimum atomic E-state index is -0.978. The number of carboxylic acids is 1. The number of aromatic nitrogens is 2. The lowest BCUT2D eigenvalue weighted by Gasteiger charge is -2.13. The maximum Gasteiger partial charge on any atom is 0.337 e. The minimum Gasteiger partial charge on any atom is -0.478 e. The second kappa shape index (κ2) is 7.64. The van der Waals surface area contributed by atoms with E-state index in [0.717, 1.165) is 28.1 Å². The third-order valence-corrected chi connectivity index (χ3v) is 4.89. The van der Waals surface area contributed by atoms with Crippen LogP contribution in [-0.4, -0.2) is 20.9 Å². The summed E-state index contributed by atoms with van der Waals surface area (Å²) in [4.78, 5) is 11.6. The number of benzene rings is 3. The van der Waals surface area contributed by atoms with Crippen molar-refractivity contribution in [1.82, 2.24) is 9.78 Å². The molecule has 0 fully saturated rings. The normalized spacial score (nSPS) is 10.7. The number of nitrogens with one attached hydrogen (secondary N) is 1. The van der Waals surface area contributed by atoms with E-state index in [1.807, 2.05) is 66.2 Å². The SMILES string of the molecule is Cc1ccccc1-c1cc(Nc2ccccc2C(=O)O)n(-c2ccccc2C)n1. The largest absolute Gasteiger partial charge is 0.478 e. The van der Waals surface area contributed by atoms with E-state index in [1.165, 1.54) is 0 Å². The fourth-order valence-corrected chi connectivity index (χ4v) is 3.36. The fourth-order valence-electron chi connectivity index (χ4n) is 3.36. The third kappa shape index (κ3) is 3.62. The van der Waals surface area contributed by atoms with Crippen molar-refractivity contribution in [1.29, 1.82) is 0 Å². The molecule has 0 radical (unpaired) electrons. The highest BCUT2D eigenvalue weighted by Crippen LogP contribution is 2.30. The van der Waals surface area contributed by atoms with E-state index in [4.69, 9.17) is 5.10 Å². The predicted molar refractivity (Wildman–Crippen MR) is 115 cm³/mol.